The van der Waals surface area contributed by atoms with Gasteiger partial charge in [-0.05, 0) is 43.3 Å². The molecule has 1 heterocycles. The van der Waals surface area contributed by atoms with Crippen LogP contribution in [0.25, 0.3) is 0 Å². The molecule has 0 aliphatic carbocycles. The van der Waals surface area contributed by atoms with Gasteiger partial charge >= 0.3 is 0 Å². The van der Waals surface area contributed by atoms with Crippen molar-refractivity contribution in [1.29, 1.82) is 0 Å². The van der Waals surface area contributed by atoms with Crippen LogP contribution in [0.4, 0.5) is 0 Å². The van der Waals surface area contributed by atoms with E-state index < -0.39 is 0 Å². The van der Waals surface area contributed by atoms with Crippen molar-refractivity contribution in [3.63, 3.8) is 0 Å². The van der Waals surface area contributed by atoms with Crippen LogP contribution in [0.1, 0.15) is 31.4 Å². The first kappa shape index (κ1) is 14.0. The smallest absolute Gasteiger partial charge is 0.128 e. The van der Waals surface area contributed by atoms with Gasteiger partial charge in [-0.2, -0.15) is 0 Å². The largest absolute Gasteiger partial charge is 0.493 e. The molecule has 1 aliphatic rings. The minimum Gasteiger partial charge on any atom is -0.493 e. The number of hydrogen-bond donors (Lipinski definition) is 1. The van der Waals surface area contributed by atoms with Crippen molar-refractivity contribution in [1.82, 2.24) is 5.32 Å². The van der Waals surface area contributed by atoms with Gasteiger partial charge in [0.1, 0.15) is 17.2 Å². The highest BCUT2D eigenvalue weighted by molar-refractivity contribution is 5.44. The Morgan fingerprint density at radius 1 is 1.14 bits per heavy atom. The second-order valence-corrected chi connectivity index (χ2v) is 5.26. The Kier molecular flexibility index (Phi) is 4.41. The van der Waals surface area contributed by atoms with Gasteiger partial charge in [0.2, 0.25) is 0 Å². The molecule has 1 N–H and O–H groups in total. The Bertz CT molecular complexity index is 583. The lowest BCUT2D eigenvalue weighted by molar-refractivity contribution is 0.252. The summed E-state index contributed by atoms with van der Waals surface area (Å²) in [5.74, 6) is 2.68. The Morgan fingerprint density at radius 3 is 2.81 bits per heavy atom. The molecule has 0 saturated carbocycles. The fourth-order valence-electron chi connectivity index (χ4n) is 2.59. The van der Waals surface area contributed by atoms with Gasteiger partial charge in [0.25, 0.3) is 0 Å². The van der Waals surface area contributed by atoms with Crippen molar-refractivity contribution < 1.29 is 9.47 Å². The molecule has 2 aromatic carbocycles. The Balaban J connectivity index is 1.81. The summed E-state index contributed by atoms with van der Waals surface area (Å²) >= 11 is 0. The molecule has 3 rings (SSSR count). The van der Waals surface area contributed by atoms with Crippen LogP contribution >= 0.6 is 0 Å². The molecule has 0 spiro atoms. The lowest BCUT2D eigenvalue weighted by atomic mass is 10.00. The zero-order chi connectivity index (χ0) is 14.5. The first-order valence-corrected chi connectivity index (χ1v) is 7.60. The number of fused-ring (bicyclic) bond motifs is 1. The Hall–Kier alpha value is -2.00. The van der Waals surface area contributed by atoms with Crippen molar-refractivity contribution in [2.24, 2.45) is 0 Å². The van der Waals surface area contributed by atoms with Crippen LogP contribution in [0.3, 0.4) is 0 Å². The third-order valence-electron chi connectivity index (χ3n) is 3.64. The summed E-state index contributed by atoms with van der Waals surface area (Å²) in [5, 5.41) is 3.58. The quantitative estimate of drug-likeness (QED) is 0.887. The molecular formula is C18H21NO2. The number of nitrogens with one attached hydrogen (secondary N) is 1. The number of rotatable bonds is 5. The first-order chi connectivity index (χ1) is 10.4. The van der Waals surface area contributed by atoms with Gasteiger partial charge in [0, 0.05) is 18.0 Å². The normalized spacial score (nSPS) is 16.9. The van der Waals surface area contributed by atoms with Crippen molar-refractivity contribution in [3.05, 3.63) is 54.1 Å². The van der Waals surface area contributed by atoms with Crippen LogP contribution in [0.5, 0.6) is 17.2 Å². The first-order valence-electron chi connectivity index (χ1n) is 7.60. The van der Waals surface area contributed by atoms with E-state index in [1.165, 1.54) is 5.56 Å². The van der Waals surface area contributed by atoms with Crippen LogP contribution in [0.2, 0.25) is 0 Å². The van der Waals surface area contributed by atoms with Crippen molar-refractivity contribution in [2.45, 2.75) is 25.8 Å². The second kappa shape index (κ2) is 6.64. The molecular weight excluding hydrogens is 262 g/mol. The van der Waals surface area contributed by atoms with Crippen LogP contribution in [-0.2, 0) is 0 Å². The summed E-state index contributed by atoms with van der Waals surface area (Å²) in [5.41, 5.74) is 1.20. The van der Waals surface area contributed by atoms with E-state index in [1.807, 2.05) is 42.5 Å². The summed E-state index contributed by atoms with van der Waals surface area (Å²) in [4.78, 5) is 0. The SMILES string of the molecule is CCCNC1CCOc2ccc(Oc3ccccc3)cc21. The molecule has 1 atom stereocenters. The molecule has 0 radical (unpaired) electrons. The Morgan fingerprint density at radius 2 is 2.00 bits per heavy atom. The van der Waals surface area contributed by atoms with Crippen LogP contribution in [0, 0.1) is 0 Å². The predicted octanol–water partition coefficient (Wildman–Crippen LogP) is 4.30. The highest BCUT2D eigenvalue weighted by atomic mass is 16.5. The molecule has 0 saturated heterocycles. The molecule has 3 heteroatoms. The highest BCUT2D eigenvalue weighted by Gasteiger charge is 2.21. The molecule has 1 aliphatic heterocycles. The summed E-state index contributed by atoms with van der Waals surface area (Å²) in [6.07, 6.45) is 2.13. The van der Waals surface area contributed by atoms with Gasteiger partial charge in [0.05, 0.1) is 6.61 Å². The van der Waals surface area contributed by atoms with E-state index in [1.54, 1.807) is 0 Å². The molecule has 1 unspecified atom stereocenters. The maximum atomic E-state index is 5.91. The topological polar surface area (TPSA) is 30.5 Å². The van der Waals surface area contributed by atoms with Gasteiger partial charge in [-0.3, -0.25) is 0 Å². The zero-order valence-corrected chi connectivity index (χ0v) is 12.3. The maximum absolute atomic E-state index is 5.91. The van der Waals surface area contributed by atoms with Crippen LogP contribution < -0.4 is 14.8 Å². The molecule has 0 fully saturated rings. The average Bonchev–Trinajstić information content (AvgIpc) is 2.54. The van der Waals surface area contributed by atoms with Crippen molar-refractivity contribution in [2.75, 3.05) is 13.2 Å². The van der Waals surface area contributed by atoms with E-state index in [2.05, 4.69) is 18.3 Å². The fraction of sp³-hybridized carbons (Fsp3) is 0.333. The minimum absolute atomic E-state index is 0.355. The third-order valence-corrected chi connectivity index (χ3v) is 3.64. The van der Waals surface area contributed by atoms with E-state index in [-0.39, 0.29) is 0 Å². The van der Waals surface area contributed by atoms with Crippen molar-refractivity contribution in [3.8, 4) is 17.2 Å². The fourth-order valence-corrected chi connectivity index (χ4v) is 2.59. The molecule has 0 bridgehead atoms. The average molecular weight is 283 g/mol. The monoisotopic (exact) mass is 283 g/mol. The number of benzene rings is 2. The Labute approximate surface area is 125 Å². The van der Waals surface area contributed by atoms with E-state index in [4.69, 9.17) is 9.47 Å². The van der Waals surface area contributed by atoms with Crippen molar-refractivity contribution >= 4 is 0 Å². The van der Waals surface area contributed by atoms with Gasteiger partial charge in [-0.1, -0.05) is 25.1 Å². The van der Waals surface area contributed by atoms with E-state index in [0.29, 0.717) is 6.04 Å². The van der Waals surface area contributed by atoms with Gasteiger partial charge in [-0.15, -0.1) is 0 Å². The van der Waals surface area contributed by atoms with E-state index in [9.17, 15) is 0 Å². The summed E-state index contributed by atoms with van der Waals surface area (Å²) < 4.78 is 11.7. The molecule has 110 valence electrons. The summed E-state index contributed by atoms with van der Waals surface area (Å²) in [6.45, 7) is 3.98. The summed E-state index contributed by atoms with van der Waals surface area (Å²) in [6, 6.07) is 16.3. The van der Waals surface area contributed by atoms with E-state index >= 15 is 0 Å². The molecule has 0 amide bonds. The van der Waals surface area contributed by atoms with Crippen LogP contribution in [0.15, 0.2) is 48.5 Å². The molecule has 21 heavy (non-hydrogen) atoms. The standard InChI is InChI=1S/C18H21NO2/c1-2-11-19-17-10-12-20-18-9-8-15(13-16(17)18)21-14-6-4-3-5-7-14/h3-9,13,17,19H,2,10-12H2,1H3. The van der Waals surface area contributed by atoms with E-state index in [0.717, 1.165) is 43.2 Å². The minimum atomic E-state index is 0.355. The van der Waals surface area contributed by atoms with Gasteiger partial charge in [0.15, 0.2) is 0 Å². The lowest BCUT2D eigenvalue weighted by Crippen LogP contribution is -2.27. The van der Waals surface area contributed by atoms with Crippen LogP contribution in [-0.4, -0.2) is 13.2 Å². The molecule has 3 nitrogen and oxygen atoms in total. The number of ether oxygens (including phenoxy) is 2. The molecule has 0 aromatic heterocycles. The zero-order valence-electron chi connectivity index (χ0n) is 12.3. The third kappa shape index (κ3) is 3.37. The van der Waals surface area contributed by atoms with Gasteiger partial charge in [-0.25, -0.2) is 0 Å². The predicted molar refractivity (Wildman–Crippen MR) is 84.1 cm³/mol. The number of hydrogen-bond acceptors (Lipinski definition) is 3. The number of para-hydroxylation sites is 1. The van der Waals surface area contributed by atoms with Gasteiger partial charge < -0.3 is 14.8 Å². The summed E-state index contributed by atoms with van der Waals surface area (Å²) in [7, 11) is 0. The second-order valence-electron chi connectivity index (χ2n) is 5.26. The lowest BCUT2D eigenvalue weighted by Gasteiger charge is -2.27. The molecule has 2 aromatic rings. The highest BCUT2D eigenvalue weighted by Crippen LogP contribution is 2.36. The maximum Gasteiger partial charge on any atom is 0.128 e.